The van der Waals surface area contributed by atoms with Gasteiger partial charge in [0.25, 0.3) is 0 Å². The lowest BCUT2D eigenvalue weighted by molar-refractivity contribution is 0.208. The summed E-state index contributed by atoms with van der Waals surface area (Å²) in [6, 6.07) is 6.92. The molecule has 22 heavy (non-hydrogen) atoms. The topological polar surface area (TPSA) is 117 Å². The number of rotatable bonds is 5. The number of nitrogens with one attached hydrogen (secondary N) is 2. The van der Waals surface area contributed by atoms with Crippen molar-refractivity contribution in [1.29, 1.82) is 0 Å². The van der Waals surface area contributed by atoms with E-state index in [0.29, 0.717) is 5.69 Å². The highest BCUT2D eigenvalue weighted by atomic mass is 32.2. The van der Waals surface area contributed by atoms with E-state index in [1.165, 1.54) is 7.11 Å². The van der Waals surface area contributed by atoms with Crippen molar-refractivity contribution in [2.75, 3.05) is 25.6 Å². The van der Waals surface area contributed by atoms with Crippen molar-refractivity contribution in [2.24, 2.45) is 4.99 Å². The molecule has 0 saturated heterocycles. The maximum absolute atomic E-state index is 11.3. The van der Waals surface area contributed by atoms with E-state index in [0.717, 1.165) is 11.3 Å². The molecule has 0 atom stereocenters. The number of imidazole rings is 1. The molecule has 0 aliphatic rings. The van der Waals surface area contributed by atoms with E-state index in [1.54, 1.807) is 36.8 Å². The summed E-state index contributed by atoms with van der Waals surface area (Å²) in [5, 5.41) is 2.07. The molecule has 0 unspecified atom stereocenters. The molecular weight excluding hydrogens is 308 g/mol. The van der Waals surface area contributed by atoms with Gasteiger partial charge in [-0.1, -0.05) is 12.1 Å². The van der Waals surface area contributed by atoms with Crippen molar-refractivity contribution in [1.82, 2.24) is 9.97 Å². The van der Waals surface area contributed by atoms with Crippen LogP contribution in [0.4, 0.5) is 5.69 Å². The van der Waals surface area contributed by atoms with Crippen molar-refractivity contribution in [3.8, 4) is 11.3 Å². The molecule has 1 aromatic heterocycles. The number of aliphatic imine (C=N–C) groups is 1. The molecule has 0 aliphatic heterocycles. The molecule has 0 fully saturated rings. The molecule has 0 amide bonds. The van der Waals surface area contributed by atoms with Crippen LogP contribution in [0.1, 0.15) is 0 Å². The predicted octanol–water partition coefficient (Wildman–Crippen LogP) is 1.38. The predicted molar refractivity (Wildman–Crippen MR) is 83.4 cm³/mol. The van der Waals surface area contributed by atoms with Crippen LogP contribution in [0.3, 0.4) is 0 Å². The quantitative estimate of drug-likeness (QED) is 0.331. The fourth-order valence-corrected chi connectivity index (χ4v) is 2.20. The lowest BCUT2D eigenvalue weighted by Gasteiger charge is -2.08. The van der Waals surface area contributed by atoms with Gasteiger partial charge in [-0.2, -0.15) is 8.42 Å². The molecule has 8 nitrogen and oxygen atoms in total. The Hall–Kier alpha value is -2.23. The summed E-state index contributed by atoms with van der Waals surface area (Å²) in [6.07, 6.45) is 3.25. The van der Waals surface area contributed by atoms with E-state index in [9.17, 15) is 8.42 Å². The summed E-state index contributed by atoms with van der Waals surface area (Å²) in [5.74, 6) is 0. The Labute approximate surface area is 128 Å². The number of hydrogen-bond acceptors (Lipinski definition) is 5. The van der Waals surface area contributed by atoms with Crippen molar-refractivity contribution in [2.45, 2.75) is 0 Å². The minimum Gasteiger partial charge on any atom is -0.383 e. The van der Waals surface area contributed by atoms with Crippen LogP contribution in [0, 0.1) is 0 Å². The van der Waals surface area contributed by atoms with Gasteiger partial charge in [-0.15, -0.1) is 0 Å². The normalized spacial score (nSPS) is 12.4. The van der Waals surface area contributed by atoms with Gasteiger partial charge >= 0.3 is 10.1 Å². The molecule has 0 bridgehead atoms. The first-order valence-corrected chi connectivity index (χ1v) is 7.81. The highest BCUT2D eigenvalue weighted by Crippen LogP contribution is 2.19. The number of nitrogens with zero attached hydrogens (tertiary/aromatic N) is 2. The third-order valence-electron chi connectivity index (χ3n) is 2.74. The molecule has 3 N–H and O–H groups in total. The Kier molecular flexibility index (Phi) is 5.26. The molecule has 9 heteroatoms. The second-order valence-electron chi connectivity index (χ2n) is 4.32. The highest BCUT2D eigenvalue weighted by molar-refractivity contribution is 8.01. The van der Waals surface area contributed by atoms with Crippen LogP contribution in [0.15, 0.2) is 41.8 Å². The summed E-state index contributed by atoms with van der Waals surface area (Å²) in [5.41, 5.74) is 2.22. The van der Waals surface area contributed by atoms with Crippen LogP contribution in [-0.4, -0.2) is 48.4 Å². The number of amidine groups is 1. The number of benzene rings is 1. The van der Waals surface area contributed by atoms with Gasteiger partial charge in [0, 0.05) is 12.8 Å². The molecule has 2 aromatic rings. The maximum Gasteiger partial charge on any atom is 0.328 e. The summed E-state index contributed by atoms with van der Waals surface area (Å²) in [7, 11) is -2.95. The minimum absolute atomic E-state index is 0.116. The highest BCUT2D eigenvalue weighted by Gasteiger charge is 2.16. The molecule has 1 heterocycles. The van der Waals surface area contributed by atoms with Crippen LogP contribution < -0.4 is 5.32 Å². The van der Waals surface area contributed by atoms with Crippen LogP contribution in [0.25, 0.3) is 11.3 Å². The largest absolute Gasteiger partial charge is 0.383 e. The first kappa shape index (κ1) is 16.1. The van der Waals surface area contributed by atoms with Crippen molar-refractivity contribution < 1.29 is 17.7 Å². The van der Waals surface area contributed by atoms with E-state index >= 15 is 0 Å². The fourth-order valence-electron chi connectivity index (χ4n) is 1.69. The van der Waals surface area contributed by atoms with Gasteiger partial charge in [0.15, 0.2) is 0 Å². The zero-order chi connectivity index (χ0) is 16.0. The summed E-state index contributed by atoms with van der Waals surface area (Å²) < 4.78 is 36.5. The molecule has 0 saturated carbocycles. The van der Waals surface area contributed by atoms with Gasteiger partial charge < -0.3 is 15.0 Å². The van der Waals surface area contributed by atoms with Crippen molar-refractivity contribution >= 4 is 21.0 Å². The lowest BCUT2D eigenvalue weighted by Crippen LogP contribution is -2.23. The standard InChI is InChI=1S/C13H16N4O4S/c1-21-7-6-15-13(22(18,19)20)17-11-4-2-10(3-5-11)12-8-14-9-16-12/h2-5,8-9H,6-7H2,1H3,(H,14,16)(H,15,17)(H,18,19,20). The fraction of sp³-hybridized carbons (Fsp3) is 0.231. The number of aromatic nitrogens is 2. The first-order chi connectivity index (χ1) is 10.5. The number of hydrogen-bond donors (Lipinski definition) is 3. The smallest absolute Gasteiger partial charge is 0.328 e. The van der Waals surface area contributed by atoms with E-state index in [4.69, 9.17) is 9.29 Å². The number of ether oxygens (including phenoxy) is 1. The lowest BCUT2D eigenvalue weighted by atomic mass is 10.1. The monoisotopic (exact) mass is 324 g/mol. The number of anilines is 1. The minimum atomic E-state index is -4.43. The van der Waals surface area contributed by atoms with Gasteiger partial charge in [0.05, 0.1) is 31.4 Å². The average Bonchev–Trinajstić information content (AvgIpc) is 3.00. The Bertz CT molecular complexity index is 724. The third-order valence-corrected chi connectivity index (χ3v) is 3.46. The van der Waals surface area contributed by atoms with Crippen LogP contribution in [0.2, 0.25) is 0 Å². The van der Waals surface area contributed by atoms with E-state index in [1.807, 2.05) is 0 Å². The number of aromatic amines is 1. The zero-order valence-corrected chi connectivity index (χ0v) is 12.7. The van der Waals surface area contributed by atoms with Gasteiger partial charge in [-0.05, 0) is 17.7 Å². The molecule has 0 radical (unpaired) electrons. The molecule has 0 aliphatic carbocycles. The Morgan fingerprint density at radius 2 is 2.14 bits per heavy atom. The summed E-state index contributed by atoms with van der Waals surface area (Å²) >= 11 is 0. The van der Waals surface area contributed by atoms with E-state index < -0.39 is 15.3 Å². The van der Waals surface area contributed by atoms with Crippen LogP contribution >= 0.6 is 0 Å². The Balaban J connectivity index is 2.15. The van der Waals surface area contributed by atoms with E-state index in [-0.39, 0.29) is 13.2 Å². The van der Waals surface area contributed by atoms with Gasteiger partial charge in [0.1, 0.15) is 0 Å². The van der Waals surface area contributed by atoms with Crippen molar-refractivity contribution in [3.05, 3.63) is 36.8 Å². The van der Waals surface area contributed by atoms with Crippen LogP contribution in [0.5, 0.6) is 0 Å². The maximum atomic E-state index is 11.3. The zero-order valence-electron chi connectivity index (χ0n) is 11.9. The Morgan fingerprint density at radius 3 is 2.68 bits per heavy atom. The van der Waals surface area contributed by atoms with Gasteiger partial charge in [0.2, 0.25) is 5.17 Å². The molecule has 118 valence electrons. The second-order valence-corrected chi connectivity index (χ2v) is 5.66. The SMILES string of the molecule is COCCN=C(Nc1ccc(-c2cnc[nH]2)cc1)S(=O)(=O)O. The van der Waals surface area contributed by atoms with Gasteiger partial charge in [-0.3, -0.25) is 9.55 Å². The molecule has 0 spiro atoms. The summed E-state index contributed by atoms with van der Waals surface area (Å²) in [6.45, 7) is 0.365. The summed E-state index contributed by atoms with van der Waals surface area (Å²) in [4.78, 5) is 10.7. The van der Waals surface area contributed by atoms with E-state index in [2.05, 4.69) is 20.3 Å². The second kappa shape index (κ2) is 7.16. The first-order valence-electron chi connectivity index (χ1n) is 6.37. The van der Waals surface area contributed by atoms with Crippen LogP contribution in [-0.2, 0) is 14.9 Å². The van der Waals surface area contributed by atoms with Gasteiger partial charge in [-0.25, -0.2) is 4.98 Å². The average molecular weight is 324 g/mol. The molecule has 1 aromatic carbocycles. The molecule has 2 rings (SSSR count). The van der Waals surface area contributed by atoms with Crippen molar-refractivity contribution in [3.63, 3.8) is 0 Å². The Morgan fingerprint density at radius 1 is 1.41 bits per heavy atom. The number of H-pyrrole nitrogens is 1. The number of methoxy groups -OCH3 is 1. The third kappa shape index (κ3) is 4.38. The molecular formula is C13H16N4O4S.